The molecule has 252 valence electrons. The van der Waals surface area contributed by atoms with E-state index in [1.165, 1.54) is 83.1 Å². The van der Waals surface area contributed by atoms with Gasteiger partial charge in [-0.25, -0.2) is 6.07 Å². The van der Waals surface area contributed by atoms with Gasteiger partial charge < -0.3 is 24.8 Å². The fourth-order valence-corrected chi connectivity index (χ4v) is 6.44. The molecule has 6 rings (SSSR count). The average molecular weight is 755 g/mol. The minimum atomic E-state index is 0. The maximum Gasteiger partial charge on any atom is -0.0253 e. The van der Waals surface area contributed by atoms with Crippen molar-refractivity contribution in [2.24, 2.45) is 0 Å². The van der Waals surface area contributed by atoms with Gasteiger partial charge >= 0.3 is 151 Å². The van der Waals surface area contributed by atoms with E-state index in [2.05, 4.69) is 178 Å². The number of hydrogen-bond acceptors (Lipinski definition) is 0. The van der Waals surface area contributed by atoms with Gasteiger partial charge in [0.2, 0.25) is 0 Å². The van der Waals surface area contributed by atoms with Crippen LogP contribution in [0.15, 0.2) is 109 Å². The minimum absolute atomic E-state index is 0. The summed E-state index contributed by atoms with van der Waals surface area (Å²) in [6, 6.07) is 43.0. The number of halogens is 2. The summed E-state index contributed by atoms with van der Waals surface area (Å²) >= 11 is 1.46. The topological polar surface area (TPSA) is 0 Å². The molecule has 0 aromatic heterocycles. The standard InChI is InChI=1S/C21H26.C13H9.C11H17.2ClH.Zr/c1-20(2,3)18-11-7-16(8-12-18)15-17-9-13-19(14-10-17)21(4,5)6;1-3-7-12-10(5-1)9-11-6-2-4-8-13(11)12;1-5-9-6-7-10(8-9)11(2,3)4;;;/h7-14H,1-6H3;1-5,7-8H,9H2;6-8H,5H2,1-4H3;2*1H;/q;2*-1;;;+2/p-2. The van der Waals surface area contributed by atoms with Gasteiger partial charge in [0, 0.05) is 0 Å². The Labute approximate surface area is 319 Å². The van der Waals surface area contributed by atoms with Gasteiger partial charge in [0.25, 0.3) is 0 Å². The summed E-state index contributed by atoms with van der Waals surface area (Å²) in [6.45, 7) is 22.5. The molecule has 5 aromatic carbocycles. The van der Waals surface area contributed by atoms with Crippen LogP contribution in [-0.4, -0.2) is 3.21 Å². The smallest absolute Gasteiger partial charge is 0.0253 e. The first-order valence-electron chi connectivity index (χ1n) is 16.7. The molecule has 3 heteroatoms. The number of benzene rings is 4. The monoisotopic (exact) mass is 752 g/mol. The van der Waals surface area contributed by atoms with Crippen LogP contribution in [0.2, 0.25) is 0 Å². The van der Waals surface area contributed by atoms with Crippen molar-refractivity contribution in [1.29, 1.82) is 0 Å². The van der Waals surface area contributed by atoms with Crippen LogP contribution in [0, 0.1) is 6.07 Å². The quantitative estimate of drug-likeness (QED) is 0.203. The van der Waals surface area contributed by atoms with Crippen molar-refractivity contribution in [3.63, 3.8) is 0 Å². The van der Waals surface area contributed by atoms with Crippen LogP contribution >= 0.6 is 0 Å². The zero-order valence-electron chi connectivity index (χ0n) is 30.6. The molecule has 1 aliphatic rings. The Bertz CT molecular complexity index is 1630. The van der Waals surface area contributed by atoms with Crippen molar-refractivity contribution < 1.29 is 49.0 Å². The maximum absolute atomic E-state index is 3.30. The van der Waals surface area contributed by atoms with E-state index < -0.39 is 0 Å². The first kappa shape index (κ1) is 41.7. The van der Waals surface area contributed by atoms with Crippen LogP contribution in [-0.2, 0) is 53.3 Å². The van der Waals surface area contributed by atoms with Gasteiger partial charge in [0.05, 0.1) is 0 Å². The molecule has 0 radical (unpaired) electrons. The van der Waals surface area contributed by atoms with Gasteiger partial charge in [-0.05, 0) is 6.42 Å². The molecule has 0 saturated carbocycles. The van der Waals surface area contributed by atoms with E-state index >= 15 is 0 Å². The maximum atomic E-state index is 3.30. The van der Waals surface area contributed by atoms with Crippen molar-refractivity contribution >= 4 is 3.21 Å². The molecule has 0 saturated heterocycles. The summed E-state index contributed by atoms with van der Waals surface area (Å²) in [5.74, 6) is 0. The number of aryl methyl sites for hydroxylation is 1. The molecule has 0 heterocycles. The summed E-state index contributed by atoms with van der Waals surface area (Å²) in [7, 11) is 0. The molecule has 0 nitrogen and oxygen atoms in total. The molecule has 0 atom stereocenters. The van der Waals surface area contributed by atoms with Gasteiger partial charge in [0.15, 0.2) is 0 Å². The molecule has 0 N–H and O–H groups in total. The normalized spacial score (nSPS) is 11.8. The number of fused-ring (bicyclic) bond motifs is 3. The Morgan fingerprint density at radius 1 is 0.646 bits per heavy atom. The predicted molar refractivity (Wildman–Crippen MR) is 197 cm³/mol. The second-order valence-electron chi connectivity index (χ2n) is 15.5. The predicted octanol–water partition coefficient (Wildman–Crippen LogP) is 5.73. The van der Waals surface area contributed by atoms with E-state index in [-0.39, 0.29) is 35.6 Å². The first-order chi connectivity index (χ1) is 21.6. The first-order valence-corrected chi connectivity index (χ1v) is 17.9. The van der Waals surface area contributed by atoms with Crippen molar-refractivity contribution in [3.8, 4) is 11.1 Å². The Hall–Kier alpha value is -2.44. The van der Waals surface area contributed by atoms with Crippen LogP contribution in [0.4, 0.5) is 0 Å². The molecule has 0 unspecified atom stereocenters. The average Bonchev–Trinajstić information content (AvgIpc) is 3.66. The van der Waals surface area contributed by atoms with E-state index in [1.54, 1.807) is 0 Å². The molecular weight excluding hydrogens is 703 g/mol. The van der Waals surface area contributed by atoms with Gasteiger partial charge in [-0.15, -0.1) is 5.56 Å². The van der Waals surface area contributed by atoms with E-state index in [9.17, 15) is 0 Å². The Kier molecular flexibility index (Phi) is 15.2. The van der Waals surface area contributed by atoms with E-state index in [0.29, 0.717) is 5.41 Å². The van der Waals surface area contributed by atoms with Crippen molar-refractivity contribution in [1.82, 2.24) is 0 Å². The third-order valence-corrected chi connectivity index (χ3v) is 10.2. The molecule has 5 aromatic rings. The summed E-state index contributed by atoms with van der Waals surface area (Å²) in [6.07, 6.45) is 2.20. The summed E-state index contributed by atoms with van der Waals surface area (Å²) < 4.78 is 1.42. The second-order valence-corrected chi connectivity index (χ2v) is 16.8. The van der Waals surface area contributed by atoms with Gasteiger partial charge in [-0.1, -0.05) is 74.9 Å². The molecule has 0 spiro atoms. The van der Waals surface area contributed by atoms with E-state index in [4.69, 9.17) is 0 Å². The van der Waals surface area contributed by atoms with E-state index in [1.807, 2.05) is 6.07 Å². The summed E-state index contributed by atoms with van der Waals surface area (Å²) in [5, 5.41) is 0. The Balaban J connectivity index is 0.000000263. The SMILES string of the molecule is CC(C)(C)c1ccc([C](=[Zr+2])c2ccc(C(C)(C)C)cc2)cc1.CCc1cc(C(C)(C)C)c[cH-]1.[Cl-].[Cl-].[c-]1cccc2c1Cc1ccccc1-2. The molecule has 1 aliphatic carbocycles. The van der Waals surface area contributed by atoms with Crippen molar-refractivity contribution in [2.45, 2.75) is 98.3 Å². The van der Waals surface area contributed by atoms with Crippen molar-refractivity contribution in [2.75, 3.05) is 0 Å². The minimum Gasteiger partial charge on any atom is -1.00 e. The largest absolute Gasteiger partial charge is 1.00 e. The fraction of sp³-hybridized carbons (Fsp3) is 0.333. The Morgan fingerprint density at radius 2 is 1.12 bits per heavy atom. The zero-order valence-corrected chi connectivity index (χ0v) is 34.5. The third kappa shape index (κ3) is 11.0. The summed E-state index contributed by atoms with van der Waals surface area (Å²) in [5.41, 5.74) is 14.6. The van der Waals surface area contributed by atoms with Crippen LogP contribution in [0.25, 0.3) is 11.1 Å². The molecular formula is C45H52Cl2Zr-2. The third-order valence-electron chi connectivity index (χ3n) is 8.79. The Morgan fingerprint density at radius 3 is 1.56 bits per heavy atom. The fourth-order valence-electron chi connectivity index (χ4n) is 5.62. The van der Waals surface area contributed by atoms with Crippen LogP contribution in [0.3, 0.4) is 0 Å². The van der Waals surface area contributed by atoms with E-state index in [0.717, 1.165) is 12.8 Å². The van der Waals surface area contributed by atoms with Crippen LogP contribution in [0.1, 0.15) is 114 Å². The summed E-state index contributed by atoms with van der Waals surface area (Å²) in [4.78, 5) is 0. The van der Waals surface area contributed by atoms with Gasteiger partial charge in [-0.3, -0.25) is 0 Å². The second kappa shape index (κ2) is 17.5. The number of rotatable bonds is 3. The molecule has 0 bridgehead atoms. The van der Waals surface area contributed by atoms with Gasteiger partial charge in [0.1, 0.15) is 0 Å². The van der Waals surface area contributed by atoms with Crippen molar-refractivity contribution in [3.05, 3.63) is 160 Å². The molecule has 48 heavy (non-hydrogen) atoms. The number of hydrogen-bond donors (Lipinski definition) is 0. The zero-order chi connectivity index (χ0) is 33.7. The molecule has 0 fully saturated rings. The molecule has 0 amide bonds. The van der Waals surface area contributed by atoms with Crippen LogP contribution < -0.4 is 24.8 Å². The molecule has 0 aliphatic heterocycles. The van der Waals surface area contributed by atoms with Crippen LogP contribution in [0.5, 0.6) is 0 Å². The van der Waals surface area contributed by atoms with Gasteiger partial charge in [-0.2, -0.15) is 53.1 Å².